The van der Waals surface area contributed by atoms with E-state index in [0.717, 1.165) is 12.0 Å². The van der Waals surface area contributed by atoms with Crippen molar-refractivity contribution in [1.29, 1.82) is 0 Å². The monoisotopic (exact) mass is 605 g/mol. The number of amides is 3. The Hall–Kier alpha value is -2.97. The normalized spacial score (nSPS) is 31.3. The molecule has 240 valence electrons. The number of likely N-dealkylation sites (tertiary alicyclic amines) is 1. The fourth-order valence-corrected chi connectivity index (χ4v) is 8.61. The lowest BCUT2D eigenvalue weighted by Gasteiger charge is -2.46. The third-order valence-corrected chi connectivity index (χ3v) is 9.84. The summed E-state index contributed by atoms with van der Waals surface area (Å²) in [6, 6.07) is 8.25. The molecule has 4 aliphatic heterocycles. The molecule has 1 spiro atoms. The van der Waals surface area contributed by atoms with Gasteiger partial charge in [-0.3, -0.25) is 14.4 Å². The van der Waals surface area contributed by atoms with E-state index in [1.807, 2.05) is 80.3 Å². The van der Waals surface area contributed by atoms with Crippen molar-refractivity contribution < 1.29 is 24.2 Å². The van der Waals surface area contributed by atoms with Gasteiger partial charge in [-0.15, -0.1) is 0 Å². The average Bonchev–Trinajstić information content (AvgIpc) is 3.19. The van der Waals surface area contributed by atoms with Crippen LogP contribution in [0, 0.1) is 23.2 Å². The number of hydrogen-bond donors (Lipinski definition) is 1. The molecule has 0 radical (unpaired) electrons. The Balaban J connectivity index is 1.62. The zero-order chi connectivity index (χ0) is 32.2. The van der Waals surface area contributed by atoms with Gasteiger partial charge in [0, 0.05) is 25.2 Å². The molecule has 1 N–H and O–H groups in total. The summed E-state index contributed by atoms with van der Waals surface area (Å²) in [5.41, 5.74) is -1.98. The summed E-state index contributed by atoms with van der Waals surface area (Å²) in [7, 11) is 0. The van der Waals surface area contributed by atoms with Gasteiger partial charge < -0.3 is 24.5 Å². The Labute approximate surface area is 263 Å². The molecule has 1 aromatic rings. The molecule has 2 saturated heterocycles. The maximum atomic E-state index is 14.9. The van der Waals surface area contributed by atoms with Crippen molar-refractivity contribution in [3.63, 3.8) is 0 Å². The molecule has 2 fully saturated rings. The van der Waals surface area contributed by atoms with Gasteiger partial charge >= 0.3 is 0 Å². The Morgan fingerprint density at radius 3 is 2.20 bits per heavy atom. The second-order valence-corrected chi connectivity index (χ2v) is 15.7. The van der Waals surface area contributed by atoms with Crippen molar-refractivity contribution in [3.8, 4) is 0 Å². The Morgan fingerprint density at radius 2 is 1.59 bits per heavy atom. The SMILES string of the molecule is CC(C)C[C@H](CO)N1C(=O)[C@@H]2[C@H]3C(=O)N(Cc4ccccc4)CC=C[C@@]3(C)O[C@@]23C=CCN(C(C)(C)CC(C)(C)C)C(=O)C13. The highest BCUT2D eigenvalue weighted by molar-refractivity contribution is 6.00. The van der Waals surface area contributed by atoms with E-state index in [0.29, 0.717) is 26.1 Å². The average molecular weight is 606 g/mol. The van der Waals surface area contributed by atoms with Crippen molar-refractivity contribution >= 4 is 17.7 Å². The van der Waals surface area contributed by atoms with Crippen molar-refractivity contribution in [2.24, 2.45) is 23.2 Å². The smallest absolute Gasteiger partial charge is 0.249 e. The van der Waals surface area contributed by atoms with Crippen LogP contribution in [0.2, 0.25) is 0 Å². The number of fused-ring (bicyclic) bond motifs is 2. The molecular formula is C36H51N3O5. The van der Waals surface area contributed by atoms with Crippen LogP contribution in [0.5, 0.6) is 0 Å². The number of rotatable bonds is 8. The minimum Gasteiger partial charge on any atom is -0.394 e. The molecule has 8 nitrogen and oxygen atoms in total. The topological polar surface area (TPSA) is 90.4 Å². The van der Waals surface area contributed by atoms with Crippen LogP contribution in [0.25, 0.3) is 0 Å². The largest absolute Gasteiger partial charge is 0.394 e. The highest BCUT2D eigenvalue weighted by atomic mass is 16.5. The molecule has 0 bridgehead atoms. The second-order valence-electron chi connectivity index (χ2n) is 15.7. The first-order valence-electron chi connectivity index (χ1n) is 16.2. The van der Waals surface area contributed by atoms with Crippen molar-refractivity contribution in [2.75, 3.05) is 19.7 Å². The lowest BCUT2D eigenvalue weighted by Crippen LogP contribution is -2.62. The standard InChI is InChI=1S/C36H51N3O5/c1-24(2)20-26(22-40)39-29-32(43)38(34(6,7)23-33(3,4)5)19-13-17-36(29)28(31(39)42)27-30(41)37(18-12-16-35(27,8)44-36)21-25-14-10-9-11-15-25/h9-17,24,26-29,40H,18-23H2,1-8H3/t26-,27+,28+,29?,35-,36+/m1/s1. The van der Waals surface area contributed by atoms with Gasteiger partial charge in [0.05, 0.1) is 30.1 Å². The van der Waals surface area contributed by atoms with Crippen LogP contribution < -0.4 is 0 Å². The number of benzene rings is 1. The molecular weight excluding hydrogens is 554 g/mol. The zero-order valence-electron chi connectivity index (χ0n) is 27.7. The molecule has 0 saturated carbocycles. The van der Waals surface area contributed by atoms with E-state index in [1.54, 1.807) is 9.80 Å². The molecule has 4 aliphatic rings. The van der Waals surface area contributed by atoms with E-state index < -0.39 is 40.7 Å². The predicted octanol–water partition coefficient (Wildman–Crippen LogP) is 4.58. The van der Waals surface area contributed by atoms with Crippen molar-refractivity contribution in [2.45, 2.75) is 104 Å². The summed E-state index contributed by atoms with van der Waals surface area (Å²) >= 11 is 0. The van der Waals surface area contributed by atoms with Crippen LogP contribution in [0.4, 0.5) is 0 Å². The highest BCUT2D eigenvalue weighted by Gasteiger charge is 2.75. The fourth-order valence-electron chi connectivity index (χ4n) is 8.61. The molecule has 6 atom stereocenters. The van der Waals surface area contributed by atoms with Crippen LogP contribution in [-0.4, -0.2) is 86.0 Å². The van der Waals surface area contributed by atoms with Gasteiger partial charge in [-0.1, -0.05) is 89.3 Å². The van der Waals surface area contributed by atoms with E-state index >= 15 is 0 Å². The van der Waals surface area contributed by atoms with Gasteiger partial charge in [0.1, 0.15) is 11.6 Å². The third kappa shape index (κ3) is 5.53. The summed E-state index contributed by atoms with van der Waals surface area (Å²) in [5, 5.41) is 10.7. The molecule has 5 rings (SSSR count). The molecule has 44 heavy (non-hydrogen) atoms. The zero-order valence-corrected chi connectivity index (χ0v) is 27.7. The second kappa shape index (κ2) is 11.4. The van der Waals surface area contributed by atoms with Crippen molar-refractivity contribution in [3.05, 3.63) is 60.2 Å². The van der Waals surface area contributed by atoms with Gasteiger partial charge in [-0.2, -0.15) is 0 Å². The number of nitrogens with zero attached hydrogens (tertiary/aromatic N) is 3. The van der Waals surface area contributed by atoms with E-state index in [2.05, 4.69) is 34.6 Å². The Morgan fingerprint density at radius 1 is 0.932 bits per heavy atom. The van der Waals surface area contributed by atoms with E-state index in [-0.39, 0.29) is 35.7 Å². The van der Waals surface area contributed by atoms with Crippen LogP contribution in [-0.2, 0) is 25.7 Å². The molecule has 0 aromatic heterocycles. The maximum Gasteiger partial charge on any atom is 0.249 e. The number of ether oxygens (including phenoxy) is 1. The van der Waals surface area contributed by atoms with Crippen LogP contribution in [0.15, 0.2) is 54.6 Å². The summed E-state index contributed by atoms with van der Waals surface area (Å²) < 4.78 is 7.02. The number of carbonyl (C=O) groups is 3. The van der Waals surface area contributed by atoms with Gasteiger partial charge in [0.25, 0.3) is 0 Å². The Kier molecular flexibility index (Phi) is 8.43. The minimum atomic E-state index is -1.35. The molecule has 1 unspecified atom stereocenters. The van der Waals surface area contributed by atoms with E-state index in [4.69, 9.17) is 4.74 Å². The van der Waals surface area contributed by atoms with Gasteiger partial charge in [-0.25, -0.2) is 0 Å². The maximum absolute atomic E-state index is 14.9. The predicted molar refractivity (Wildman–Crippen MR) is 170 cm³/mol. The lowest BCUT2D eigenvalue weighted by molar-refractivity contribution is -0.159. The summed E-state index contributed by atoms with van der Waals surface area (Å²) in [6.07, 6.45) is 9.00. The summed E-state index contributed by atoms with van der Waals surface area (Å²) in [5.74, 6) is -2.19. The Bertz CT molecular complexity index is 1330. The fraction of sp³-hybridized carbons (Fsp3) is 0.639. The van der Waals surface area contributed by atoms with Crippen molar-refractivity contribution in [1.82, 2.24) is 14.7 Å². The number of hydrogen-bond acceptors (Lipinski definition) is 5. The summed E-state index contributed by atoms with van der Waals surface area (Å²) in [4.78, 5) is 49.6. The summed E-state index contributed by atoms with van der Waals surface area (Å²) in [6.45, 7) is 17.5. The molecule has 1 aromatic carbocycles. The third-order valence-electron chi connectivity index (χ3n) is 9.84. The first-order valence-corrected chi connectivity index (χ1v) is 16.2. The number of carbonyl (C=O) groups excluding carboxylic acids is 3. The van der Waals surface area contributed by atoms with Crippen LogP contribution in [0.3, 0.4) is 0 Å². The van der Waals surface area contributed by atoms with Crippen LogP contribution >= 0.6 is 0 Å². The molecule has 0 aliphatic carbocycles. The lowest BCUT2D eigenvalue weighted by atomic mass is 9.74. The molecule has 3 amide bonds. The number of aliphatic hydroxyl groups excluding tert-OH is 1. The first kappa shape index (κ1) is 32.4. The quantitative estimate of drug-likeness (QED) is 0.439. The first-order chi connectivity index (χ1) is 20.5. The molecule has 8 heteroatoms. The van der Waals surface area contributed by atoms with Gasteiger partial charge in [-0.05, 0) is 50.5 Å². The van der Waals surface area contributed by atoms with E-state index in [1.165, 1.54) is 0 Å². The van der Waals surface area contributed by atoms with Gasteiger partial charge in [0.2, 0.25) is 17.7 Å². The molecule has 4 heterocycles. The minimum absolute atomic E-state index is 0.0412. The van der Waals surface area contributed by atoms with E-state index in [9.17, 15) is 19.5 Å². The number of aliphatic hydroxyl groups is 1. The van der Waals surface area contributed by atoms with Crippen LogP contribution in [0.1, 0.15) is 73.8 Å². The van der Waals surface area contributed by atoms with Gasteiger partial charge in [0.15, 0.2) is 0 Å². The highest BCUT2D eigenvalue weighted by Crippen LogP contribution is 2.58.